The Labute approximate surface area is 227 Å². The Bertz CT molecular complexity index is 1180. The molecule has 2 aromatic rings. The van der Waals surface area contributed by atoms with Crippen LogP contribution in [-0.4, -0.2) is 54.9 Å². The third-order valence-corrected chi connectivity index (χ3v) is 6.95. The van der Waals surface area contributed by atoms with E-state index in [-0.39, 0.29) is 30.3 Å². The summed E-state index contributed by atoms with van der Waals surface area (Å²) in [5.41, 5.74) is 2.23. The van der Waals surface area contributed by atoms with Crippen LogP contribution >= 0.6 is 0 Å². The summed E-state index contributed by atoms with van der Waals surface area (Å²) < 4.78 is 50.0. The van der Waals surface area contributed by atoms with Gasteiger partial charge in [-0.05, 0) is 63.3 Å². The molecule has 39 heavy (non-hydrogen) atoms. The molecule has 0 saturated carbocycles. The van der Waals surface area contributed by atoms with Crippen LogP contribution in [0.15, 0.2) is 42.5 Å². The maximum absolute atomic E-state index is 13.2. The van der Waals surface area contributed by atoms with Gasteiger partial charge in [0.2, 0.25) is 5.91 Å². The maximum atomic E-state index is 13.2. The number of rotatable bonds is 6. The number of hydrogen-bond donors (Lipinski definition) is 1. The number of amides is 2. The molecular weight excluding hydrogens is 511 g/mol. The Balaban J connectivity index is 1.63. The largest absolute Gasteiger partial charge is 0.484 e. The van der Waals surface area contributed by atoms with Gasteiger partial charge in [-0.2, -0.15) is 13.2 Å². The Morgan fingerprint density at radius 1 is 1.10 bits per heavy atom. The first-order valence-corrected chi connectivity index (χ1v) is 13.2. The number of carbonyl (C=O) groups is 2. The van der Waals surface area contributed by atoms with Crippen LogP contribution < -0.4 is 15.0 Å². The first kappa shape index (κ1) is 28.7. The molecule has 0 spiro atoms. The lowest BCUT2D eigenvalue weighted by Crippen LogP contribution is -2.51. The van der Waals surface area contributed by atoms with Crippen LogP contribution in [0.3, 0.4) is 0 Å². The van der Waals surface area contributed by atoms with E-state index in [0.717, 1.165) is 24.0 Å². The van der Waals surface area contributed by atoms with Gasteiger partial charge in [0.25, 0.3) is 0 Å². The highest BCUT2D eigenvalue weighted by Crippen LogP contribution is 2.36. The summed E-state index contributed by atoms with van der Waals surface area (Å²) >= 11 is 0. The Hall–Kier alpha value is -3.27. The summed E-state index contributed by atoms with van der Waals surface area (Å²) in [6.07, 6.45) is -2.67. The average Bonchev–Trinajstić information content (AvgIpc) is 2.87. The predicted molar refractivity (Wildman–Crippen MR) is 142 cm³/mol. The van der Waals surface area contributed by atoms with Gasteiger partial charge >= 0.3 is 12.3 Å². The highest BCUT2D eigenvalue weighted by molar-refractivity contribution is 5.96. The smallest absolute Gasteiger partial charge is 0.422 e. The van der Waals surface area contributed by atoms with Crippen molar-refractivity contribution in [2.75, 3.05) is 25.1 Å². The monoisotopic (exact) mass is 547 g/mol. The van der Waals surface area contributed by atoms with Crippen molar-refractivity contribution in [2.24, 2.45) is 0 Å². The lowest BCUT2D eigenvalue weighted by molar-refractivity contribution is -0.153. The number of nitrogens with one attached hydrogen (secondary N) is 1. The zero-order valence-corrected chi connectivity index (χ0v) is 22.8. The molecule has 2 aliphatic heterocycles. The van der Waals surface area contributed by atoms with Crippen LogP contribution in [0.1, 0.15) is 62.8 Å². The number of likely N-dealkylation sites (tertiary alicyclic amines) is 1. The van der Waals surface area contributed by atoms with E-state index in [2.05, 4.69) is 5.32 Å². The molecule has 10 heteroatoms. The van der Waals surface area contributed by atoms with Crippen molar-refractivity contribution in [3.63, 3.8) is 0 Å². The molecule has 0 aliphatic carbocycles. The van der Waals surface area contributed by atoms with Gasteiger partial charge in [0, 0.05) is 43.9 Å². The van der Waals surface area contributed by atoms with E-state index in [9.17, 15) is 22.8 Å². The number of nitrogens with zero attached hydrogens (tertiary/aromatic N) is 2. The third-order valence-electron chi connectivity index (χ3n) is 6.95. The van der Waals surface area contributed by atoms with Gasteiger partial charge in [-0.1, -0.05) is 30.3 Å². The van der Waals surface area contributed by atoms with Crippen molar-refractivity contribution in [3.05, 3.63) is 59.2 Å². The lowest BCUT2D eigenvalue weighted by atomic mass is 9.90. The molecule has 212 valence electrons. The highest BCUT2D eigenvalue weighted by Gasteiger charge is 2.38. The molecular formula is C29H36F3N3O4. The van der Waals surface area contributed by atoms with Crippen molar-refractivity contribution < 1.29 is 32.2 Å². The standard InChI is InChI=1S/C29H36F3N3O4/c1-28(2,3)39-27(37)35-14-8-11-22(26(35)19-9-6-5-7-10-19)33-17-21-15-23-20(12-13-25(36)34(23)4)16-24(21)38-18-29(30,31)32/h5-7,9-10,15-16,22,26,33H,8,11-14,17-18H2,1-4H3/t22-,26-/m0/s1. The Morgan fingerprint density at radius 3 is 2.49 bits per heavy atom. The number of carbonyl (C=O) groups excluding carboxylic acids is 2. The highest BCUT2D eigenvalue weighted by atomic mass is 19.4. The van der Waals surface area contributed by atoms with Crippen LogP contribution in [0, 0.1) is 0 Å². The molecule has 0 radical (unpaired) electrons. The van der Waals surface area contributed by atoms with Crippen molar-refractivity contribution in [1.82, 2.24) is 10.2 Å². The lowest BCUT2D eigenvalue weighted by Gasteiger charge is -2.42. The van der Waals surface area contributed by atoms with Crippen LogP contribution in [0.5, 0.6) is 5.75 Å². The van der Waals surface area contributed by atoms with Gasteiger partial charge in [0.05, 0.1) is 6.04 Å². The van der Waals surface area contributed by atoms with E-state index >= 15 is 0 Å². The van der Waals surface area contributed by atoms with Gasteiger partial charge in [-0.15, -0.1) is 0 Å². The molecule has 2 heterocycles. The number of benzene rings is 2. The summed E-state index contributed by atoms with van der Waals surface area (Å²) in [5.74, 6) is 0.0900. The second-order valence-corrected chi connectivity index (χ2v) is 11.1. The van der Waals surface area contributed by atoms with Gasteiger partial charge in [0.1, 0.15) is 11.4 Å². The van der Waals surface area contributed by atoms with E-state index in [1.165, 1.54) is 4.90 Å². The normalized spacial score (nSPS) is 20.0. The minimum Gasteiger partial charge on any atom is -0.484 e. The average molecular weight is 548 g/mol. The predicted octanol–water partition coefficient (Wildman–Crippen LogP) is 5.77. The minimum absolute atomic E-state index is 0.0465. The summed E-state index contributed by atoms with van der Waals surface area (Å²) in [6.45, 7) is 4.78. The Morgan fingerprint density at radius 2 is 1.82 bits per heavy atom. The topological polar surface area (TPSA) is 71.1 Å². The molecule has 1 saturated heterocycles. The van der Waals surface area contributed by atoms with Gasteiger partial charge < -0.3 is 19.7 Å². The van der Waals surface area contributed by atoms with Crippen LogP contribution in [0.4, 0.5) is 23.7 Å². The molecule has 0 unspecified atom stereocenters. The molecule has 7 nitrogen and oxygen atoms in total. The first-order chi connectivity index (χ1) is 18.3. The van der Waals surface area contributed by atoms with Crippen molar-refractivity contribution >= 4 is 17.7 Å². The molecule has 2 aliphatic rings. The zero-order valence-electron chi connectivity index (χ0n) is 22.8. The zero-order chi connectivity index (χ0) is 28.4. The van der Waals surface area contributed by atoms with Crippen LogP contribution in [0.2, 0.25) is 0 Å². The van der Waals surface area contributed by atoms with Gasteiger partial charge in [0.15, 0.2) is 6.61 Å². The van der Waals surface area contributed by atoms with Gasteiger partial charge in [-0.3, -0.25) is 9.69 Å². The molecule has 4 rings (SSSR count). The molecule has 2 atom stereocenters. The van der Waals surface area contributed by atoms with E-state index in [1.807, 2.05) is 51.1 Å². The summed E-state index contributed by atoms with van der Waals surface area (Å²) in [6, 6.07) is 12.5. The molecule has 2 amide bonds. The first-order valence-electron chi connectivity index (χ1n) is 13.2. The summed E-state index contributed by atoms with van der Waals surface area (Å²) in [5, 5.41) is 3.49. The number of aryl methyl sites for hydroxylation is 1. The SMILES string of the molecule is CN1C(=O)CCc2cc(OCC(F)(F)F)c(CN[C@H]3CCCN(C(=O)OC(C)(C)C)[C@H]3c3ccccc3)cc21. The second-order valence-electron chi connectivity index (χ2n) is 11.1. The fraction of sp³-hybridized carbons (Fsp3) is 0.517. The fourth-order valence-corrected chi connectivity index (χ4v) is 5.18. The molecule has 0 aromatic heterocycles. The number of halogens is 3. The van der Waals surface area contributed by atoms with Crippen molar-refractivity contribution in [3.8, 4) is 5.75 Å². The number of fused-ring (bicyclic) bond motifs is 1. The number of ether oxygens (including phenoxy) is 2. The van der Waals surface area contributed by atoms with E-state index in [4.69, 9.17) is 9.47 Å². The molecule has 2 aromatic carbocycles. The van der Waals surface area contributed by atoms with Crippen LogP contribution in [-0.2, 0) is 22.5 Å². The number of hydrogen-bond acceptors (Lipinski definition) is 5. The maximum Gasteiger partial charge on any atom is 0.422 e. The molecule has 1 fully saturated rings. The third kappa shape index (κ3) is 7.23. The Kier molecular flexibility index (Phi) is 8.44. The van der Waals surface area contributed by atoms with Gasteiger partial charge in [-0.25, -0.2) is 4.79 Å². The van der Waals surface area contributed by atoms with E-state index in [1.54, 1.807) is 24.1 Å². The van der Waals surface area contributed by atoms with E-state index < -0.39 is 24.5 Å². The second kappa shape index (κ2) is 11.5. The van der Waals surface area contributed by atoms with Crippen LogP contribution in [0.25, 0.3) is 0 Å². The quantitative estimate of drug-likeness (QED) is 0.498. The summed E-state index contributed by atoms with van der Waals surface area (Å²) in [7, 11) is 1.67. The van der Waals surface area contributed by atoms with Crippen molar-refractivity contribution in [2.45, 2.75) is 76.9 Å². The number of alkyl halides is 3. The number of anilines is 1. The number of piperidine rings is 1. The fourth-order valence-electron chi connectivity index (χ4n) is 5.18. The van der Waals surface area contributed by atoms with E-state index in [0.29, 0.717) is 30.6 Å². The van der Waals surface area contributed by atoms with Crippen molar-refractivity contribution in [1.29, 1.82) is 0 Å². The summed E-state index contributed by atoms with van der Waals surface area (Å²) in [4.78, 5) is 28.7. The molecule has 1 N–H and O–H groups in total. The minimum atomic E-state index is -4.48. The molecule has 0 bridgehead atoms.